The first-order valence-corrected chi connectivity index (χ1v) is 10.8. The fraction of sp³-hybridized carbons (Fsp3) is 0.0345. The molecule has 0 aliphatic carbocycles. The van der Waals surface area contributed by atoms with Crippen molar-refractivity contribution in [2.45, 2.75) is 5.41 Å². The van der Waals surface area contributed by atoms with Crippen molar-refractivity contribution in [2.24, 2.45) is 0 Å². The lowest BCUT2D eigenvalue weighted by molar-refractivity contribution is 0.0686. The molecule has 0 aliphatic rings. The second-order valence-electron chi connectivity index (χ2n) is 8.14. The highest BCUT2D eigenvalue weighted by Crippen LogP contribution is 2.45. The molecule has 0 bridgehead atoms. The van der Waals surface area contributed by atoms with Gasteiger partial charge in [-0.25, -0.2) is 14.4 Å². The number of carbonyl (C=O) groups excluding carboxylic acids is 1. The molecule has 0 saturated heterocycles. The van der Waals surface area contributed by atoms with Crippen LogP contribution in [0, 0.1) is 0 Å². The Morgan fingerprint density at radius 2 is 0.730 bits per heavy atom. The van der Waals surface area contributed by atoms with Crippen molar-refractivity contribution in [1.29, 1.82) is 0 Å². The van der Waals surface area contributed by atoms with E-state index in [2.05, 4.69) is 0 Å². The van der Waals surface area contributed by atoms with Gasteiger partial charge >= 0.3 is 17.9 Å². The minimum Gasteiger partial charge on any atom is -0.478 e. The summed E-state index contributed by atoms with van der Waals surface area (Å²) in [6, 6.07) is 25.7. The summed E-state index contributed by atoms with van der Waals surface area (Å²) in [6.45, 7) is 0. The third-order valence-corrected chi connectivity index (χ3v) is 6.17. The summed E-state index contributed by atoms with van der Waals surface area (Å²) in [5, 5.41) is 28.2. The maximum Gasteiger partial charge on any atom is 0.335 e. The zero-order valence-corrected chi connectivity index (χ0v) is 19.3. The molecule has 0 atom stereocenters. The number of carboxylic acids is 3. The first-order chi connectivity index (χ1) is 17.3. The van der Waals surface area contributed by atoms with Crippen LogP contribution in [0.3, 0.4) is 0 Å². The van der Waals surface area contributed by atoms with Crippen molar-refractivity contribution in [3.8, 4) is 0 Å². The van der Waals surface area contributed by atoms with E-state index in [0.717, 1.165) is 6.29 Å². The molecule has 0 fully saturated rings. The minimum atomic E-state index is -1.09. The molecule has 0 heterocycles. The summed E-state index contributed by atoms with van der Waals surface area (Å²) in [5.41, 5.74) is 2.34. The van der Waals surface area contributed by atoms with Crippen LogP contribution in [-0.4, -0.2) is 45.0 Å². The standard InChI is InChI=1S/C29H20O7.H2O/c30-17-18-1-9-22(10-2-18)29(23-11-3-19(4-12-23)26(31)32,24-13-5-20(6-14-24)27(33)34)25-15-7-21(8-16-25)28(35)36;/h1-17H,(H,31,32)(H,33,34)(H,35,36);1H2. The summed E-state index contributed by atoms with van der Waals surface area (Å²) >= 11 is 0. The van der Waals surface area contributed by atoms with Gasteiger partial charge in [0.15, 0.2) is 0 Å². The zero-order chi connectivity index (χ0) is 25.9. The topological polar surface area (TPSA) is 160 Å². The number of aldehydes is 1. The molecular weight excluding hydrogens is 476 g/mol. The molecule has 37 heavy (non-hydrogen) atoms. The monoisotopic (exact) mass is 498 g/mol. The Morgan fingerprint density at radius 1 is 0.486 bits per heavy atom. The van der Waals surface area contributed by atoms with Gasteiger partial charge < -0.3 is 20.8 Å². The molecule has 0 aliphatic heterocycles. The maximum absolute atomic E-state index is 11.5. The first kappa shape index (κ1) is 26.5. The van der Waals surface area contributed by atoms with Crippen LogP contribution in [0.1, 0.15) is 63.7 Å². The lowest BCUT2D eigenvalue weighted by Gasteiger charge is -2.37. The molecular formula is C29H22O8. The maximum atomic E-state index is 11.5. The van der Waals surface area contributed by atoms with Crippen LogP contribution >= 0.6 is 0 Å². The second kappa shape index (κ2) is 10.7. The van der Waals surface area contributed by atoms with Crippen LogP contribution in [0.2, 0.25) is 0 Å². The molecule has 8 nitrogen and oxygen atoms in total. The molecule has 186 valence electrons. The minimum absolute atomic E-state index is 0. The fourth-order valence-electron chi connectivity index (χ4n) is 4.40. The first-order valence-electron chi connectivity index (χ1n) is 10.8. The molecule has 8 heteroatoms. The summed E-state index contributed by atoms with van der Waals surface area (Å²) in [7, 11) is 0. The van der Waals surface area contributed by atoms with Crippen LogP contribution in [0.15, 0.2) is 97.1 Å². The lowest BCUT2D eigenvalue weighted by Crippen LogP contribution is -2.31. The van der Waals surface area contributed by atoms with E-state index in [1.807, 2.05) is 0 Å². The Balaban J connectivity index is 0.00000380. The summed E-state index contributed by atoms with van der Waals surface area (Å²) in [5.74, 6) is -3.25. The third-order valence-electron chi connectivity index (χ3n) is 6.17. The molecule has 4 rings (SSSR count). The van der Waals surface area contributed by atoms with Crippen molar-refractivity contribution in [2.75, 3.05) is 0 Å². The van der Waals surface area contributed by atoms with E-state index in [0.29, 0.717) is 27.8 Å². The summed E-state index contributed by atoms with van der Waals surface area (Å²) < 4.78 is 0. The Morgan fingerprint density at radius 3 is 0.946 bits per heavy atom. The smallest absolute Gasteiger partial charge is 0.335 e. The van der Waals surface area contributed by atoms with Crippen LogP contribution in [0.5, 0.6) is 0 Å². The molecule has 4 aromatic rings. The van der Waals surface area contributed by atoms with E-state index in [9.17, 15) is 34.5 Å². The molecule has 0 radical (unpaired) electrons. The van der Waals surface area contributed by atoms with Gasteiger partial charge in [0.25, 0.3) is 0 Å². The van der Waals surface area contributed by atoms with Gasteiger partial charge in [-0.1, -0.05) is 60.7 Å². The number of rotatable bonds is 8. The van der Waals surface area contributed by atoms with E-state index in [4.69, 9.17) is 0 Å². The Hall–Kier alpha value is -5.08. The third kappa shape index (κ3) is 4.86. The average molecular weight is 498 g/mol. The Bertz CT molecular complexity index is 1300. The van der Waals surface area contributed by atoms with Crippen LogP contribution < -0.4 is 0 Å². The van der Waals surface area contributed by atoms with Gasteiger partial charge in [0, 0.05) is 5.56 Å². The molecule has 5 N–H and O–H groups in total. The number of carbonyl (C=O) groups is 4. The highest BCUT2D eigenvalue weighted by molar-refractivity contribution is 5.89. The van der Waals surface area contributed by atoms with E-state index >= 15 is 0 Å². The van der Waals surface area contributed by atoms with Gasteiger partial charge in [-0.3, -0.25) is 4.79 Å². The fourth-order valence-corrected chi connectivity index (χ4v) is 4.40. The van der Waals surface area contributed by atoms with Gasteiger partial charge in [0.1, 0.15) is 6.29 Å². The Kier molecular flexibility index (Phi) is 7.65. The quantitative estimate of drug-likeness (QED) is 0.243. The molecule has 0 spiro atoms. The number of hydrogen-bond donors (Lipinski definition) is 3. The highest BCUT2D eigenvalue weighted by atomic mass is 16.4. The predicted molar refractivity (Wildman–Crippen MR) is 135 cm³/mol. The number of aromatic carboxylic acids is 3. The van der Waals surface area contributed by atoms with Gasteiger partial charge in [-0.15, -0.1) is 0 Å². The van der Waals surface area contributed by atoms with Gasteiger partial charge in [0.05, 0.1) is 22.1 Å². The second-order valence-corrected chi connectivity index (χ2v) is 8.14. The molecule has 0 unspecified atom stereocenters. The zero-order valence-electron chi connectivity index (χ0n) is 19.3. The number of benzene rings is 4. The SMILES string of the molecule is O.O=Cc1ccc(C(c2ccc(C(=O)O)cc2)(c2ccc(C(=O)O)cc2)c2ccc(C(=O)O)cc2)cc1. The van der Waals surface area contributed by atoms with Gasteiger partial charge in [-0.2, -0.15) is 0 Å². The Labute approximate surface area is 211 Å². The van der Waals surface area contributed by atoms with E-state index in [1.165, 1.54) is 36.4 Å². The van der Waals surface area contributed by atoms with Gasteiger partial charge in [-0.05, 0) is 58.7 Å². The van der Waals surface area contributed by atoms with Crippen molar-refractivity contribution in [3.63, 3.8) is 0 Å². The average Bonchev–Trinajstić information content (AvgIpc) is 2.90. The molecule has 0 amide bonds. The van der Waals surface area contributed by atoms with Crippen molar-refractivity contribution in [3.05, 3.63) is 142 Å². The summed E-state index contributed by atoms with van der Waals surface area (Å²) in [4.78, 5) is 45.8. The lowest BCUT2D eigenvalue weighted by atomic mass is 9.65. The molecule has 0 aromatic heterocycles. The number of hydrogen-bond acceptors (Lipinski definition) is 4. The van der Waals surface area contributed by atoms with Gasteiger partial charge in [0.2, 0.25) is 0 Å². The van der Waals surface area contributed by atoms with Crippen molar-refractivity contribution in [1.82, 2.24) is 0 Å². The van der Waals surface area contributed by atoms with E-state index in [1.54, 1.807) is 60.7 Å². The molecule has 4 aromatic carbocycles. The number of carboxylic acid groups (broad SMARTS) is 3. The van der Waals surface area contributed by atoms with Crippen LogP contribution in [0.25, 0.3) is 0 Å². The predicted octanol–water partition coefficient (Wildman–Crippen LogP) is 4.15. The van der Waals surface area contributed by atoms with Crippen LogP contribution in [-0.2, 0) is 5.41 Å². The normalized spacial score (nSPS) is 10.7. The highest BCUT2D eigenvalue weighted by Gasteiger charge is 2.38. The van der Waals surface area contributed by atoms with Crippen molar-refractivity contribution < 1.29 is 40.0 Å². The van der Waals surface area contributed by atoms with E-state index in [-0.39, 0.29) is 22.2 Å². The largest absolute Gasteiger partial charge is 0.478 e. The van der Waals surface area contributed by atoms with E-state index < -0.39 is 23.3 Å². The van der Waals surface area contributed by atoms with Crippen LogP contribution in [0.4, 0.5) is 0 Å². The van der Waals surface area contributed by atoms with Crippen molar-refractivity contribution >= 4 is 24.2 Å². The summed E-state index contributed by atoms with van der Waals surface area (Å²) in [6.07, 6.45) is 0.719. The molecule has 0 saturated carbocycles.